The van der Waals surface area contributed by atoms with Crippen molar-refractivity contribution < 1.29 is 22.6 Å². The molecule has 0 spiro atoms. The number of benzene rings is 1. The van der Waals surface area contributed by atoms with Gasteiger partial charge in [-0.15, -0.1) is 0 Å². The lowest BCUT2D eigenvalue weighted by Gasteiger charge is -2.37. The SMILES string of the molecule is COC1CCN(S(=O)(=O)c2ccc3c(c2)OCCCO3)C(CN)C1. The Morgan fingerprint density at radius 1 is 1.29 bits per heavy atom. The standard InChI is InChI=1S/C16H24N2O5S/c1-21-13-5-6-18(12(9-13)11-17)24(19,20)14-3-4-15-16(10-14)23-8-2-7-22-15/h3-4,10,12-13H,2,5-9,11,17H2,1H3. The molecule has 0 aromatic heterocycles. The van der Waals surface area contributed by atoms with Gasteiger partial charge in [-0.3, -0.25) is 0 Å². The Kier molecular flexibility index (Phi) is 5.29. The molecule has 1 fully saturated rings. The van der Waals surface area contributed by atoms with Crippen LogP contribution in [0.15, 0.2) is 23.1 Å². The van der Waals surface area contributed by atoms with Crippen LogP contribution in [0.2, 0.25) is 0 Å². The largest absolute Gasteiger partial charge is 0.490 e. The molecule has 1 saturated heterocycles. The van der Waals surface area contributed by atoms with Gasteiger partial charge in [-0.25, -0.2) is 8.42 Å². The topological polar surface area (TPSA) is 91.1 Å². The van der Waals surface area contributed by atoms with E-state index in [2.05, 4.69) is 0 Å². The minimum Gasteiger partial charge on any atom is -0.490 e. The maximum Gasteiger partial charge on any atom is 0.243 e. The summed E-state index contributed by atoms with van der Waals surface area (Å²) in [6.07, 6.45) is 2.10. The van der Waals surface area contributed by atoms with Crippen LogP contribution in [0.25, 0.3) is 0 Å². The Bertz CT molecular complexity index is 679. The molecule has 134 valence electrons. The van der Waals surface area contributed by atoms with E-state index in [-0.39, 0.29) is 23.6 Å². The summed E-state index contributed by atoms with van der Waals surface area (Å²) in [5, 5.41) is 0. The monoisotopic (exact) mass is 356 g/mol. The van der Waals surface area contributed by atoms with Crippen molar-refractivity contribution in [2.75, 3.05) is 33.4 Å². The second kappa shape index (κ2) is 7.26. The van der Waals surface area contributed by atoms with Crippen LogP contribution in [0, 0.1) is 0 Å². The summed E-state index contributed by atoms with van der Waals surface area (Å²) in [4.78, 5) is 0.209. The molecule has 2 N–H and O–H groups in total. The van der Waals surface area contributed by atoms with Crippen LogP contribution in [-0.2, 0) is 14.8 Å². The fourth-order valence-corrected chi connectivity index (χ4v) is 4.85. The molecule has 0 aliphatic carbocycles. The van der Waals surface area contributed by atoms with Crippen molar-refractivity contribution in [3.05, 3.63) is 18.2 Å². The summed E-state index contributed by atoms with van der Waals surface area (Å²) < 4.78 is 44.1. The fourth-order valence-electron chi connectivity index (χ4n) is 3.18. The van der Waals surface area contributed by atoms with Crippen LogP contribution >= 0.6 is 0 Å². The van der Waals surface area contributed by atoms with Crippen molar-refractivity contribution in [3.63, 3.8) is 0 Å². The number of piperidine rings is 1. The highest BCUT2D eigenvalue weighted by Gasteiger charge is 2.36. The molecule has 3 rings (SSSR count). The maximum absolute atomic E-state index is 13.1. The molecule has 2 unspecified atom stereocenters. The van der Waals surface area contributed by atoms with Crippen LogP contribution in [-0.4, -0.2) is 58.3 Å². The predicted octanol–water partition coefficient (Wildman–Crippen LogP) is 0.975. The van der Waals surface area contributed by atoms with Gasteiger partial charge in [0, 0.05) is 38.7 Å². The minimum absolute atomic E-state index is 0.0498. The molecule has 8 heteroatoms. The first-order valence-corrected chi connectivity index (χ1v) is 9.64. The van der Waals surface area contributed by atoms with Gasteiger partial charge in [-0.05, 0) is 25.0 Å². The van der Waals surface area contributed by atoms with Gasteiger partial charge in [0.25, 0.3) is 0 Å². The molecule has 24 heavy (non-hydrogen) atoms. The molecule has 2 heterocycles. The van der Waals surface area contributed by atoms with Gasteiger partial charge in [-0.1, -0.05) is 0 Å². The average Bonchev–Trinajstić information content (AvgIpc) is 2.85. The number of sulfonamides is 1. The summed E-state index contributed by atoms with van der Waals surface area (Å²) in [6, 6.07) is 4.52. The summed E-state index contributed by atoms with van der Waals surface area (Å²) in [5.41, 5.74) is 5.81. The molecule has 2 atom stereocenters. The fraction of sp³-hybridized carbons (Fsp3) is 0.625. The molecule has 0 saturated carbocycles. The average molecular weight is 356 g/mol. The quantitative estimate of drug-likeness (QED) is 0.865. The molecular formula is C16H24N2O5S. The Hall–Kier alpha value is -1.35. The zero-order chi connectivity index (χ0) is 17.2. The summed E-state index contributed by atoms with van der Waals surface area (Å²) in [7, 11) is -1.99. The third-order valence-corrected chi connectivity index (χ3v) is 6.49. The van der Waals surface area contributed by atoms with Gasteiger partial charge in [0.2, 0.25) is 10.0 Å². The van der Waals surface area contributed by atoms with E-state index in [0.29, 0.717) is 44.1 Å². The number of rotatable bonds is 4. The molecule has 2 aliphatic heterocycles. The summed E-state index contributed by atoms with van der Waals surface area (Å²) >= 11 is 0. The van der Waals surface area contributed by atoms with E-state index in [9.17, 15) is 8.42 Å². The number of nitrogens with zero attached hydrogens (tertiary/aromatic N) is 1. The lowest BCUT2D eigenvalue weighted by molar-refractivity contribution is 0.0401. The van der Waals surface area contributed by atoms with Gasteiger partial charge >= 0.3 is 0 Å². The molecule has 0 radical (unpaired) electrons. The van der Waals surface area contributed by atoms with Crippen molar-refractivity contribution in [3.8, 4) is 11.5 Å². The molecule has 0 bridgehead atoms. The predicted molar refractivity (Wildman–Crippen MR) is 88.8 cm³/mol. The lowest BCUT2D eigenvalue weighted by Crippen LogP contribution is -2.51. The number of hydrogen-bond acceptors (Lipinski definition) is 6. The Morgan fingerprint density at radius 3 is 2.75 bits per heavy atom. The van der Waals surface area contributed by atoms with Crippen LogP contribution in [0.3, 0.4) is 0 Å². The molecular weight excluding hydrogens is 332 g/mol. The van der Waals surface area contributed by atoms with E-state index in [0.717, 1.165) is 6.42 Å². The highest BCUT2D eigenvalue weighted by atomic mass is 32.2. The zero-order valence-electron chi connectivity index (χ0n) is 13.8. The van der Waals surface area contributed by atoms with Crippen LogP contribution < -0.4 is 15.2 Å². The first-order valence-electron chi connectivity index (χ1n) is 8.20. The van der Waals surface area contributed by atoms with Gasteiger partial charge in [0.1, 0.15) is 0 Å². The number of nitrogens with two attached hydrogens (primary N) is 1. The number of methoxy groups -OCH3 is 1. The first-order chi connectivity index (χ1) is 11.6. The Morgan fingerprint density at radius 2 is 2.04 bits per heavy atom. The molecule has 7 nitrogen and oxygen atoms in total. The van der Waals surface area contributed by atoms with Crippen molar-refractivity contribution in [1.82, 2.24) is 4.31 Å². The second-order valence-electron chi connectivity index (χ2n) is 6.05. The van der Waals surface area contributed by atoms with E-state index < -0.39 is 10.0 Å². The number of ether oxygens (including phenoxy) is 3. The maximum atomic E-state index is 13.1. The van der Waals surface area contributed by atoms with E-state index >= 15 is 0 Å². The van der Waals surface area contributed by atoms with Gasteiger partial charge in [0.15, 0.2) is 11.5 Å². The van der Waals surface area contributed by atoms with Crippen LogP contribution in [0.5, 0.6) is 11.5 Å². The molecule has 1 aromatic rings. The Balaban J connectivity index is 1.88. The van der Waals surface area contributed by atoms with Gasteiger partial charge in [0.05, 0.1) is 24.2 Å². The summed E-state index contributed by atoms with van der Waals surface area (Å²) in [5.74, 6) is 1.06. The first kappa shape index (κ1) is 17.5. The Labute approximate surface area is 142 Å². The second-order valence-corrected chi connectivity index (χ2v) is 7.94. The molecule has 2 aliphatic rings. The highest BCUT2D eigenvalue weighted by Crippen LogP contribution is 2.34. The van der Waals surface area contributed by atoms with Crippen LogP contribution in [0.4, 0.5) is 0 Å². The van der Waals surface area contributed by atoms with E-state index in [4.69, 9.17) is 19.9 Å². The smallest absolute Gasteiger partial charge is 0.243 e. The van der Waals surface area contributed by atoms with E-state index in [1.807, 2.05) is 0 Å². The normalized spacial score (nSPS) is 25.2. The van der Waals surface area contributed by atoms with Crippen molar-refractivity contribution in [1.29, 1.82) is 0 Å². The summed E-state index contributed by atoms with van der Waals surface area (Å²) in [6.45, 7) is 1.75. The van der Waals surface area contributed by atoms with Gasteiger partial charge in [-0.2, -0.15) is 4.31 Å². The van der Waals surface area contributed by atoms with Gasteiger partial charge < -0.3 is 19.9 Å². The third-order valence-electron chi connectivity index (χ3n) is 4.54. The van der Waals surface area contributed by atoms with Crippen molar-refractivity contribution in [2.24, 2.45) is 5.73 Å². The molecule has 0 amide bonds. The minimum atomic E-state index is -3.64. The van der Waals surface area contributed by atoms with Crippen molar-refractivity contribution in [2.45, 2.75) is 36.3 Å². The number of fused-ring (bicyclic) bond motifs is 1. The number of hydrogen-bond donors (Lipinski definition) is 1. The van der Waals surface area contributed by atoms with E-state index in [1.54, 1.807) is 25.3 Å². The zero-order valence-corrected chi connectivity index (χ0v) is 14.6. The lowest BCUT2D eigenvalue weighted by atomic mass is 10.0. The van der Waals surface area contributed by atoms with E-state index in [1.165, 1.54) is 4.31 Å². The van der Waals surface area contributed by atoms with Crippen molar-refractivity contribution >= 4 is 10.0 Å². The highest BCUT2D eigenvalue weighted by molar-refractivity contribution is 7.89. The molecule has 1 aromatic carbocycles. The third kappa shape index (κ3) is 3.37. The van der Waals surface area contributed by atoms with Crippen LogP contribution in [0.1, 0.15) is 19.3 Å².